The molecule has 0 spiro atoms. The molecule has 0 aliphatic heterocycles. The number of hydrogen-bond acceptors (Lipinski definition) is 4. The quantitative estimate of drug-likeness (QED) is 0.531. The number of carbonyl (C=O) groups excluding carboxylic acids is 2. The molecule has 2 N–H and O–H groups in total. The van der Waals surface area contributed by atoms with E-state index in [1.807, 2.05) is 13.8 Å². The second kappa shape index (κ2) is 10.3. The van der Waals surface area contributed by atoms with Crippen LogP contribution in [0.25, 0.3) is 0 Å². The van der Waals surface area contributed by atoms with Gasteiger partial charge in [0.1, 0.15) is 11.8 Å². The summed E-state index contributed by atoms with van der Waals surface area (Å²) in [5.74, 6) is -0.587. The molecular formula is C19H27N3O3. The van der Waals surface area contributed by atoms with Crippen LogP contribution in [-0.2, 0) is 16.0 Å². The first kappa shape index (κ1) is 20.5. The van der Waals surface area contributed by atoms with Crippen molar-refractivity contribution in [3.05, 3.63) is 29.8 Å². The topological polar surface area (TPSA) is 93.4 Å². The molecule has 1 aromatic rings. The maximum absolute atomic E-state index is 12.6. The summed E-state index contributed by atoms with van der Waals surface area (Å²) in [7, 11) is 1.38. The Labute approximate surface area is 149 Å². The number of nitrogens with one attached hydrogen (secondary N) is 1. The first-order valence-corrected chi connectivity index (χ1v) is 8.68. The SMILES string of the molecule is CCCC(CCC)C(=O)NC(Cc1ccc(O)cc1)C(=O)N(C)C#N. The van der Waals surface area contributed by atoms with E-state index in [0.717, 1.165) is 36.1 Å². The van der Waals surface area contributed by atoms with Gasteiger partial charge in [-0.25, -0.2) is 0 Å². The zero-order valence-corrected chi connectivity index (χ0v) is 15.2. The lowest BCUT2D eigenvalue weighted by molar-refractivity contribution is -0.134. The fourth-order valence-electron chi connectivity index (χ4n) is 2.74. The first-order valence-electron chi connectivity index (χ1n) is 8.68. The second-order valence-electron chi connectivity index (χ2n) is 6.20. The number of benzene rings is 1. The molecule has 0 aromatic heterocycles. The smallest absolute Gasteiger partial charge is 0.258 e. The van der Waals surface area contributed by atoms with Crippen molar-refractivity contribution in [2.45, 2.75) is 52.0 Å². The maximum atomic E-state index is 12.6. The predicted molar refractivity (Wildman–Crippen MR) is 95.4 cm³/mol. The molecule has 25 heavy (non-hydrogen) atoms. The van der Waals surface area contributed by atoms with Gasteiger partial charge in [-0.15, -0.1) is 0 Å². The first-order chi connectivity index (χ1) is 11.9. The van der Waals surface area contributed by atoms with Crippen LogP contribution in [-0.4, -0.2) is 34.9 Å². The number of likely N-dealkylation sites (N-methyl/N-ethyl adjacent to an activating group) is 1. The third-order valence-electron chi connectivity index (χ3n) is 4.12. The number of rotatable bonds is 9. The Bertz CT molecular complexity index is 601. The Balaban J connectivity index is 2.93. The van der Waals surface area contributed by atoms with Gasteiger partial charge in [0.15, 0.2) is 6.19 Å². The third kappa shape index (κ3) is 6.46. The molecule has 1 aromatic carbocycles. The Morgan fingerprint density at radius 1 is 1.20 bits per heavy atom. The van der Waals surface area contributed by atoms with Gasteiger partial charge in [-0.1, -0.05) is 38.8 Å². The van der Waals surface area contributed by atoms with Gasteiger partial charge in [0, 0.05) is 19.4 Å². The van der Waals surface area contributed by atoms with Crippen LogP contribution < -0.4 is 5.32 Å². The molecule has 0 aliphatic carbocycles. The minimum Gasteiger partial charge on any atom is -0.508 e. The van der Waals surface area contributed by atoms with E-state index in [0.29, 0.717) is 0 Å². The van der Waals surface area contributed by atoms with Crippen molar-refractivity contribution < 1.29 is 14.7 Å². The van der Waals surface area contributed by atoms with Crippen LogP contribution in [0.5, 0.6) is 5.75 Å². The van der Waals surface area contributed by atoms with Crippen LogP contribution in [0.1, 0.15) is 45.1 Å². The summed E-state index contributed by atoms with van der Waals surface area (Å²) < 4.78 is 0. The lowest BCUT2D eigenvalue weighted by atomic mass is 9.96. The van der Waals surface area contributed by atoms with Crippen molar-refractivity contribution in [1.29, 1.82) is 5.26 Å². The molecular weight excluding hydrogens is 318 g/mol. The van der Waals surface area contributed by atoms with E-state index in [4.69, 9.17) is 5.26 Å². The fourth-order valence-corrected chi connectivity index (χ4v) is 2.74. The molecule has 0 radical (unpaired) electrons. The van der Waals surface area contributed by atoms with Crippen molar-refractivity contribution in [3.63, 3.8) is 0 Å². The molecule has 2 amide bonds. The number of phenols is 1. The largest absolute Gasteiger partial charge is 0.508 e. The van der Waals surface area contributed by atoms with Gasteiger partial charge in [0.05, 0.1) is 0 Å². The van der Waals surface area contributed by atoms with Crippen LogP contribution in [0.4, 0.5) is 0 Å². The van der Waals surface area contributed by atoms with E-state index in [1.165, 1.54) is 19.2 Å². The minimum absolute atomic E-state index is 0.127. The molecule has 1 atom stereocenters. The number of amides is 2. The van der Waals surface area contributed by atoms with Gasteiger partial charge in [0.25, 0.3) is 5.91 Å². The highest BCUT2D eigenvalue weighted by atomic mass is 16.3. The molecule has 0 saturated carbocycles. The molecule has 0 bridgehead atoms. The van der Waals surface area contributed by atoms with E-state index in [2.05, 4.69) is 5.32 Å². The summed E-state index contributed by atoms with van der Waals surface area (Å²) in [5.41, 5.74) is 0.797. The normalized spacial score (nSPS) is 11.6. The molecule has 0 aliphatic rings. The monoisotopic (exact) mass is 345 g/mol. The number of phenolic OH excluding ortho intramolecular Hbond substituents is 1. The van der Waals surface area contributed by atoms with Crippen molar-refractivity contribution in [3.8, 4) is 11.9 Å². The van der Waals surface area contributed by atoms with Gasteiger partial charge in [-0.05, 0) is 30.5 Å². The van der Waals surface area contributed by atoms with Crippen molar-refractivity contribution in [2.75, 3.05) is 7.05 Å². The summed E-state index contributed by atoms with van der Waals surface area (Å²) in [6, 6.07) is 5.65. The summed E-state index contributed by atoms with van der Waals surface area (Å²) in [4.78, 5) is 26.0. The molecule has 136 valence electrons. The molecule has 0 heterocycles. The Kier molecular flexibility index (Phi) is 8.48. The number of carbonyl (C=O) groups is 2. The summed E-state index contributed by atoms with van der Waals surface area (Å²) in [6.45, 7) is 4.05. The second-order valence-corrected chi connectivity index (χ2v) is 6.20. The van der Waals surface area contributed by atoms with Crippen LogP contribution in [0.2, 0.25) is 0 Å². The van der Waals surface area contributed by atoms with Crippen molar-refractivity contribution >= 4 is 11.8 Å². The van der Waals surface area contributed by atoms with E-state index in [1.54, 1.807) is 18.3 Å². The van der Waals surface area contributed by atoms with Crippen LogP contribution in [0.15, 0.2) is 24.3 Å². The lowest BCUT2D eigenvalue weighted by Gasteiger charge is -2.23. The number of nitrogens with zero attached hydrogens (tertiary/aromatic N) is 2. The minimum atomic E-state index is -0.807. The predicted octanol–water partition coefficient (Wildman–Crippen LogP) is 2.58. The lowest BCUT2D eigenvalue weighted by Crippen LogP contribution is -2.49. The van der Waals surface area contributed by atoms with E-state index >= 15 is 0 Å². The summed E-state index contributed by atoms with van der Waals surface area (Å²) in [5, 5.41) is 21.2. The Morgan fingerprint density at radius 2 is 1.76 bits per heavy atom. The van der Waals surface area contributed by atoms with Gasteiger partial charge in [-0.2, -0.15) is 5.26 Å². The Morgan fingerprint density at radius 3 is 2.24 bits per heavy atom. The Hall–Kier alpha value is -2.55. The highest BCUT2D eigenvalue weighted by molar-refractivity contribution is 5.89. The van der Waals surface area contributed by atoms with Gasteiger partial charge < -0.3 is 10.4 Å². The van der Waals surface area contributed by atoms with Crippen LogP contribution >= 0.6 is 0 Å². The average molecular weight is 345 g/mol. The number of aromatic hydroxyl groups is 1. The highest BCUT2D eigenvalue weighted by Gasteiger charge is 2.27. The number of hydrogen-bond donors (Lipinski definition) is 2. The molecule has 1 rings (SSSR count). The zero-order chi connectivity index (χ0) is 18.8. The maximum Gasteiger partial charge on any atom is 0.258 e. The highest BCUT2D eigenvalue weighted by Crippen LogP contribution is 2.16. The van der Waals surface area contributed by atoms with Crippen molar-refractivity contribution in [1.82, 2.24) is 10.2 Å². The van der Waals surface area contributed by atoms with Crippen LogP contribution in [0.3, 0.4) is 0 Å². The third-order valence-corrected chi connectivity index (χ3v) is 4.12. The van der Waals surface area contributed by atoms with Gasteiger partial charge >= 0.3 is 0 Å². The zero-order valence-electron chi connectivity index (χ0n) is 15.2. The average Bonchev–Trinajstić information content (AvgIpc) is 2.61. The molecule has 0 fully saturated rings. The number of nitriles is 1. The van der Waals surface area contributed by atoms with Gasteiger partial charge in [-0.3, -0.25) is 14.5 Å². The van der Waals surface area contributed by atoms with Crippen molar-refractivity contribution in [2.24, 2.45) is 5.92 Å². The van der Waals surface area contributed by atoms with Gasteiger partial charge in [0.2, 0.25) is 5.91 Å². The molecule has 0 saturated heterocycles. The van der Waals surface area contributed by atoms with E-state index < -0.39 is 11.9 Å². The summed E-state index contributed by atoms with van der Waals surface area (Å²) in [6.07, 6.45) is 5.39. The molecule has 1 unspecified atom stereocenters. The van der Waals surface area contributed by atoms with Crippen LogP contribution in [0, 0.1) is 17.4 Å². The fraction of sp³-hybridized carbons (Fsp3) is 0.526. The standard InChI is InChI=1S/C19H27N3O3/c1-4-6-15(7-5-2)18(24)21-17(19(25)22(3)13-20)12-14-8-10-16(23)11-9-14/h8-11,15,17,23H,4-7,12H2,1-3H3,(H,21,24). The van der Waals surface area contributed by atoms with E-state index in [9.17, 15) is 14.7 Å². The molecule has 6 heteroatoms. The summed E-state index contributed by atoms with van der Waals surface area (Å²) >= 11 is 0. The van der Waals surface area contributed by atoms with E-state index in [-0.39, 0.29) is 24.0 Å². The molecule has 6 nitrogen and oxygen atoms in total.